The van der Waals surface area contributed by atoms with Crippen molar-refractivity contribution in [3.63, 3.8) is 0 Å². The topological polar surface area (TPSA) is 45.7 Å². The molecule has 1 aliphatic rings. The molecule has 128 valence electrons. The van der Waals surface area contributed by atoms with E-state index in [9.17, 15) is 0 Å². The van der Waals surface area contributed by atoms with Gasteiger partial charge in [0.2, 0.25) is 0 Å². The van der Waals surface area contributed by atoms with Gasteiger partial charge in [-0.3, -0.25) is 4.99 Å². The molecule has 5 heteroatoms. The van der Waals surface area contributed by atoms with Gasteiger partial charge in [-0.15, -0.1) is 0 Å². The Morgan fingerprint density at radius 1 is 1.38 bits per heavy atom. The Bertz CT molecular complexity index is 669. The predicted molar refractivity (Wildman–Crippen MR) is 101 cm³/mol. The summed E-state index contributed by atoms with van der Waals surface area (Å²) in [5.41, 5.74) is 2.57. The monoisotopic (exact) mass is 343 g/mol. The molecular formula is C19H25N3OS. The Morgan fingerprint density at radius 2 is 2.25 bits per heavy atom. The van der Waals surface area contributed by atoms with Crippen LogP contribution in [0.4, 0.5) is 0 Å². The highest BCUT2D eigenvalue weighted by Gasteiger charge is 2.21. The summed E-state index contributed by atoms with van der Waals surface area (Å²) in [4.78, 5) is 4.79. The molecule has 1 aromatic carbocycles. The number of thiophene rings is 1. The lowest BCUT2D eigenvalue weighted by atomic mass is 10.0. The van der Waals surface area contributed by atoms with Gasteiger partial charge in [-0.1, -0.05) is 25.1 Å². The molecule has 0 spiro atoms. The number of nitrogens with zero attached hydrogens (tertiary/aromatic N) is 1. The second-order valence-corrected chi connectivity index (χ2v) is 6.83. The molecule has 0 radical (unpaired) electrons. The smallest absolute Gasteiger partial charge is 0.191 e. The van der Waals surface area contributed by atoms with E-state index in [2.05, 4.69) is 53.4 Å². The molecule has 0 saturated heterocycles. The van der Waals surface area contributed by atoms with Crippen molar-refractivity contribution in [2.75, 3.05) is 19.7 Å². The molecule has 2 atom stereocenters. The SMILES string of the molecule is CCNC(=NCC(C)c1ccsc1)NC1CCOc2ccccc21. The van der Waals surface area contributed by atoms with Crippen molar-refractivity contribution < 1.29 is 4.74 Å². The van der Waals surface area contributed by atoms with E-state index in [4.69, 9.17) is 9.73 Å². The molecule has 3 rings (SSSR count). The van der Waals surface area contributed by atoms with Crippen LogP contribution in [-0.4, -0.2) is 25.7 Å². The quantitative estimate of drug-likeness (QED) is 0.639. The summed E-state index contributed by atoms with van der Waals surface area (Å²) in [5.74, 6) is 2.28. The summed E-state index contributed by atoms with van der Waals surface area (Å²) in [7, 11) is 0. The van der Waals surface area contributed by atoms with Crippen LogP contribution in [0.5, 0.6) is 5.75 Å². The van der Waals surface area contributed by atoms with E-state index < -0.39 is 0 Å². The van der Waals surface area contributed by atoms with Crippen LogP contribution in [0.3, 0.4) is 0 Å². The van der Waals surface area contributed by atoms with Crippen molar-refractivity contribution in [3.05, 3.63) is 52.2 Å². The van der Waals surface area contributed by atoms with E-state index in [-0.39, 0.29) is 6.04 Å². The fourth-order valence-electron chi connectivity index (χ4n) is 2.87. The van der Waals surface area contributed by atoms with E-state index in [1.807, 2.05) is 12.1 Å². The number of guanidine groups is 1. The minimum Gasteiger partial charge on any atom is -0.493 e. The minimum atomic E-state index is 0.240. The van der Waals surface area contributed by atoms with Gasteiger partial charge in [-0.25, -0.2) is 0 Å². The molecule has 0 aliphatic carbocycles. The third kappa shape index (κ3) is 4.09. The van der Waals surface area contributed by atoms with Gasteiger partial charge in [0.15, 0.2) is 5.96 Å². The molecule has 2 heterocycles. The summed E-state index contributed by atoms with van der Waals surface area (Å²) in [6, 6.07) is 10.7. The minimum absolute atomic E-state index is 0.240. The number of hydrogen-bond acceptors (Lipinski definition) is 3. The van der Waals surface area contributed by atoms with Gasteiger partial charge in [-0.2, -0.15) is 11.3 Å². The molecule has 1 aromatic heterocycles. The van der Waals surface area contributed by atoms with E-state index in [1.165, 1.54) is 11.1 Å². The van der Waals surface area contributed by atoms with Crippen molar-refractivity contribution in [1.29, 1.82) is 0 Å². The molecule has 2 aromatic rings. The second-order valence-electron chi connectivity index (χ2n) is 6.05. The van der Waals surface area contributed by atoms with Gasteiger partial charge >= 0.3 is 0 Å². The molecule has 0 bridgehead atoms. The number of nitrogens with one attached hydrogen (secondary N) is 2. The van der Waals surface area contributed by atoms with Crippen molar-refractivity contribution in [2.24, 2.45) is 4.99 Å². The van der Waals surface area contributed by atoms with Crippen LogP contribution in [0.15, 0.2) is 46.1 Å². The zero-order chi connectivity index (χ0) is 16.8. The first kappa shape index (κ1) is 16.8. The fourth-order valence-corrected chi connectivity index (χ4v) is 3.65. The highest BCUT2D eigenvalue weighted by Crippen LogP contribution is 2.31. The third-order valence-electron chi connectivity index (χ3n) is 4.25. The van der Waals surface area contributed by atoms with E-state index in [0.29, 0.717) is 5.92 Å². The van der Waals surface area contributed by atoms with Crippen LogP contribution < -0.4 is 15.4 Å². The Hall–Kier alpha value is -2.01. The number of para-hydroxylation sites is 1. The molecule has 2 unspecified atom stereocenters. The molecule has 0 fully saturated rings. The van der Waals surface area contributed by atoms with E-state index >= 15 is 0 Å². The number of fused-ring (bicyclic) bond motifs is 1. The zero-order valence-electron chi connectivity index (χ0n) is 14.3. The molecule has 24 heavy (non-hydrogen) atoms. The lowest BCUT2D eigenvalue weighted by Gasteiger charge is -2.28. The van der Waals surface area contributed by atoms with Gasteiger partial charge < -0.3 is 15.4 Å². The first-order valence-corrected chi connectivity index (χ1v) is 9.51. The summed E-state index contributed by atoms with van der Waals surface area (Å²) in [6.45, 7) is 6.68. The van der Waals surface area contributed by atoms with Crippen LogP contribution in [0.2, 0.25) is 0 Å². The summed E-state index contributed by atoms with van der Waals surface area (Å²) >= 11 is 1.74. The Kier molecular flexibility index (Phi) is 5.75. The maximum atomic E-state index is 5.74. The molecule has 2 N–H and O–H groups in total. The first-order valence-electron chi connectivity index (χ1n) is 8.56. The molecule has 4 nitrogen and oxygen atoms in total. The number of ether oxygens (including phenoxy) is 1. The van der Waals surface area contributed by atoms with Crippen LogP contribution in [0, 0.1) is 0 Å². The molecule has 0 saturated carbocycles. The second kappa shape index (κ2) is 8.20. The predicted octanol–water partition coefficient (Wildman–Crippen LogP) is 3.93. The van der Waals surface area contributed by atoms with E-state index in [0.717, 1.165) is 37.8 Å². The Morgan fingerprint density at radius 3 is 3.04 bits per heavy atom. The highest BCUT2D eigenvalue weighted by atomic mass is 32.1. The highest BCUT2D eigenvalue weighted by molar-refractivity contribution is 7.07. The average Bonchev–Trinajstić information content (AvgIpc) is 3.15. The van der Waals surface area contributed by atoms with Gasteiger partial charge in [0.05, 0.1) is 12.6 Å². The van der Waals surface area contributed by atoms with Gasteiger partial charge in [0.25, 0.3) is 0 Å². The number of benzene rings is 1. The van der Waals surface area contributed by atoms with Crippen molar-refractivity contribution >= 4 is 17.3 Å². The maximum absolute atomic E-state index is 5.74. The standard InChI is InChI=1S/C19H25N3OS/c1-3-20-19(21-12-14(2)15-9-11-24-13-15)22-17-8-10-23-18-7-5-4-6-16(17)18/h4-7,9,11,13-14,17H,3,8,10,12H2,1-2H3,(H2,20,21,22). The lowest BCUT2D eigenvalue weighted by Crippen LogP contribution is -2.41. The van der Waals surface area contributed by atoms with E-state index in [1.54, 1.807) is 11.3 Å². The summed E-state index contributed by atoms with van der Waals surface area (Å²) in [5, 5.41) is 11.3. The van der Waals surface area contributed by atoms with Crippen molar-refractivity contribution in [2.45, 2.75) is 32.2 Å². The van der Waals surface area contributed by atoms with Gasteiger partial charge in [-0.05, 0) is 35.4 Å². The molecule has 0 amide bonds. The van der Waals surface area contributed by atoms with Crippen LogP contribution in [0.25, 0.3) is 0 Å². The lowest BCUT2D eigenvalue weighted by molar-refractivity contribution is 0.261. The summed E-state index contributed by atoms with van der Waals surface area (Å²) < 4.78 is 5.74. The van der Waals surface area contributed by atoms with Crippen LogP contribution in [0.1, 0.15) is 43.4 Å². The van der Waals surface area contributed by atoms with Crippen LogP contribution in [-0.2, 0) is 0 Å². The van der Waals surface area contributed by atoms with Crippen molar-refractivity contribution in [3.8, 4) is 5.75 Å². The number of rotatable bonds is 5. The molecular weight excluding hydrogens is 318 g/mol. The first-order chi connectivity index (χ1) is 11.8. The van der Waals surface area contributed by atoms with Crippen molar-refractivity contribution in [1.82, 2.24) is 10.6 Å². The Labute approximate surface area is 148 Å². The average molecular weight is 343 g/mol. The van der Waals surface area contributed by atoms with Gasteiger partial charge in [0, 0.05) is 31.0 Å². The zero-order valence-corrected chi connectivity index (χ0v) is 15.1. The largest absolute Gasteiger partial charge is 0.493 e. The normalized spacial score (nSPS) is 18.4. The molecule has 1 aliphatic heterocycles. The van der Waals surface area contributed by atoms with Crippen LogP contribution >= 0.6 is 11.3 Å². The maximum Gasteiger partial charge on any atom is 0.191 e. The number of aliphatic imine (C=N–C) groups is 1. The summed E-state index contributed by atoms with van der Waals surface area (Å²) in [6.07, 6.45) is 0.946. The Balaban J connectivity index is 1.69. The van der Waals surface area contributed by atoms with Gasteiger partial charge in [0.1, 0.15) is 5.75 Å². The number of hydrogen-bond donors (Lipinski definition) is 2. The third-order valence-corrected chi connectivity index (χ3v) is 4.95. The fraction of sp³-hybridized carbons (Fsp3) is 0.421.